The lowest BCUT2D eigenvalue weighted by Crippen LogP contribution is -1.95. The molecule has 0 atom stereocenters. The lowest BCUT2D eigenvalue weighted by molar-refractivity contribution is -0.384. The summed E-state index contributed by atoms with van der Waals surface area (Å²) in [6.07, 6.45) is 1.63. The topological polar surface area (TPSA) is 74.5 Å². The Hall–Kier alpha value is -2.15. The fourth-order valence-electron chi connectivity index (χ4n) is 1.54. The molecule has 1 aromatic carbocycles. The van der Waals surface area contributed by atoms with Crippen LogP contribution in [0.2, 0.25) is 0 Å². The molecule has 0 unspecified atom stereocenters. The summed E-state index contributed by atoms with van der Waals surface area (Å²) in [5, 5.41) is 10.7. The molecule has 7 heteroatoms. The maximum atomic E-state index is 10.7. The fraction of sp³-hybridized carbons (Fsp3) is 0.154. The van der Waals surface area contributed by atoms with Gasteiger partial charge in [0.1, 0.15) is 0 Å². The van der Waals surface area contributed by atoms with E-state index in [1.807, 2.05) is 6.92 Å². The summed E-state index contributed by atoms with van der Waals surface area (Å²) in [4.78, 5) is 14.3. The summed E-state index contributed by atoms with van der Waals surface area (Å²) in [7, 11) is 1.42. The number of aromatic nitrogens is 1. The lowest BCUT2D eigenvalue weighted by Gasteiger charge is -2.10. The molecule has 1 aromatic heterocycles. The molecule has 20 heavy (non-hydrogen) atoms. The predicted molar refractivity (Wildman–Crippen MR) is 76.4 cm³/mol. The zero-order chi connectivity index (χ0) is 14.7. The second-order valence-electron chi connectivity index (χ2n) is 3.97. The van der Waals surface area contributed by atoms with E-state index in [0.717, 1.165) is 10.0 Å². The van der Waals surface area contributed by atoms with Crippen LogP contribution in [-0.2, 0) is 0 Å². The lowest BCUT2D eigenvalue weighted by atomic mass is 10.3. The number of nitro benzene ring substituents is 1. The highest BCUT2D eigenvalue weighted by Crippen LogP contribution is 2.34. The van der Waals surface area contributed by atoms with Crippen LogP contribution in [0, 0.1) is 17.0 Å². The molecule has 0 saturated carbocycles. The Morgan fingerprint density at radius 1 is 1.30 bits per heavy atom. The summed E-state index contributed by atoms with van der Waals surface area (Å²) in [5.74, 6) is 1.03. The number of ether oxygens (including phenoxy) is 2. The first-order valence-corrected chi connectivity index (χ1v) is 6.43. The third-order valence-electron chi connectivity index (χ3n) is 2.59. The van der Waals surface area contributed by atoms with Crippen LogP contribution in [0.1, 0.15) is 5.56 Å². The van der Waals surface area contributed by atoms with Crippen LogP contribution in [0.4, 0.5) is 5.69 Å². The molecule has 0 radical (unpaired) electrons. The number of hydrogen-bond donors (Lipinski definition) is 0. The van der Waals surface area contributed by atoms with Gasteiger partial charge in [-0.15, -0.1) is 0 Å². The van der Waals surface area contributed by atoms with Crippen molar-refractivity contribution in [2.24, 2.45) is 0 Å². The van der Waals surface area contributed by atoms with Crippen molar-refractivity contribution in [3.63, 3.8) is 0 Å². The van der Waals surface area contributed by atoms with Crippen LogP contribution in [-0.4, -0.2) is 17.0 Å². The maximum Gasteiger partial charge on any atom is 0.273 e. The van der Waals surface area contributed by atoms with Crippen molar-refractivity contribution in [3.05, 3.63) is 50.6 Å². The Bertz CT molecular complexity index is 661. The second-order valence-corrected chi connectivity index (χ2v) is 4.82. The van der Waals surface area contributed by atoms with Crippen LogP contribution in [0.25, 0.3) is 0 Å². The molecule has 6 nitrogen and oxygen atoms in total. The Balaban J connectivity index is 2.32. The van der Waals surface area contributed by atoms with Gasteiger partial charge in [-0.25, -0.2) is 4.98 Å². The van der Waals surface area contributed by atoms with Crippen molar-refractivity contribution < 1.29 is 14.4 Å². The van der Waals surface area contributed by atoms with Crippen molar-refractivity contribution in [3.8, 4) is 17.4 Å². The third kappa shape index (κ3) is 3.05. The van der Waals surface area contributed by atoms with Crippen molar-refractivity contribution in [1.29, 1.82) is 0 Å². The van der Waals surface area contributed by atoms with E-state index in [2.05, 4.69) is 20.9 Å². The van der Waals surface area contributed by atoms with Crippen molar-refractivity contribution in [2.75, 3.05) is 7.11 Å². The van der Waals surface area contributed by atoms with Crippen LogP contribution in [0.5, 0.6) is 17.4 Å². The van der Waals surface area contributed by atoms with E-state index >= 15 is 0 Å². The van der Waals surface area contributed by atoms with Gasteiger partial charge in [-0.1, -0.05) is 0 Å². The average molecular weight is 339 g/mol. The standard InChI is InChI=1S/C13H11BrN2O4/c1-8-5-13(15-7-10(8)14)20-11-4-3-9(16(17)18)6-12(11)19-2/h3-7H,1-2H3. The molecule has 104 valence electrons. The largest absolute Gasteiger partial charge is 0.493 e. The van der Waals surface area contributed by atoms with Crippen molar-refractivity contribution >= 4 is 21.6 Å². The van der Waals surface area contributed by atoms with Gasteiger partial charge in [0.2, 0.25) is 5.88 Å². The molecule has 0 aliphatic heterocycles. The predicted octanol–water partition coefficient (Wildman–Crippen LogP) is 3.86. The van der Waals surface area contributed by atoms with E-state index in [4.69, 9.17) is 9.47 Å². The minimum atomic E-state index is -0.492. The molecule has 0 aliphatic carbocycles. The second kappa shape index (κ2) is 5.87. The summed E-state index contributed by atoms with van der Waals surface area (Å²) < 4.78 is 11.6. The van der Waals surface area contributed by atoms with Gasteiger partial charge in [-0.2, -0.15) is 0 Å². The van der Waals surface area contributed by atoms with Gasteiger partial charge in [0.25, 0.3) is 5.69 Å². The van der Waals surface area contributed by atoms with Crippen LogP contribution >= 0.6 is 15.9 Å². The molecular formula is C13H11BrN2O4. The van der Waals surface area contributed by atoms with E-state index in [-0.39, 0.29) is 11.4 Å². The molecule has 0 saturated heterocycles. The third-order valence-corrected chi connectivity index (χ3v) is 3.42. The number of halogens is 1. The van der Waals surface area contributed by atoms with Gasteiger partial charge >= 0.3 is 0 Å². The van der Waals surface area contributed by atoms with E-state index in [0.29, 0.717) is 11.6 Å². The number of rotatable bonds is 4. The Kier molecular flexibility index (Phi) is 4.19. The van der Waals surface area contributed by atoms with E-state index < -0.39 is 4.92 Å². The SMILES string of the molecule is COc1cc([N+](=O)[O-])ccc1Oc1cc(C)c(Br)cn1. The van der Waals surface area contributed by atoms with E-state index in [1.54, 1.807) is 12.3 Å². The Labute approximate surface area is 123 Å². The molecule has 0 spiro atoms. The first-order chi connectivity index (χ1) is 9.51. The number of benzene rings is 1. The summed E-state index contributed by atoms with van der Waals surface area (Å²) in [6.45, 7) is 1.91. The number of pyridine rings is 1. The van der Waals surface area contributed by atoms with Gasteiger partial charge in [0.15, 0.2) is 11.5 Å². The normalized spacial score (nSPS) is 10.2. The molecule has 0 N–H and O–H groups in total. The summed E-state index contributed by atoms with van der Waals surface area (Å²) in [6, 6.07) is 5.89. The number of nitrogens with zero attached hydrogens (tertiary/aromatic N) is 2. The van der Waals surface area contributed by atoms with E-state index in [1.165, 1.54) is 25.3 Å². The van der Waals surface area contributed by atoms with Crippen molar-refractivity contribution in [2.45, 2.75) is 6.92 Å². The van der Waals surface area contributed by atoms with Gasteiger partial charge in [0.05, 0.1) is 18.1 Å². The summed E-state index contributed by atoms with van der Waals surface area (Å²) in [5.41, 5.74) is 0.907. The monoisotopic (exact) mass is 338 g/mol. The molecule has 0 amide bonds. The number of non-ortho nitro benzene ring substituents is 1. The molecule has 0 aliphatic rings. The molecule has 0 bridgehead atoms. The van der Waals surface area contributed by atoms with Crippen LogP contribution < -0.4 is 9.47 Å². The minimum absolute atomic E-state index is 0.0610. The number of nitro groups is 1. The van der Waals surface area contributed by atoms with Gasteiger partial charge in [0, 0.05) is 22.8 Å². The highest BCUT2D eigenvalue weighted by molar-refractivity contribution is 9.10. The highest BCUT2D eigenvalue weighted by atomic mass is 79.9. The molecule has 2 aromatic rings. The van der Waals surface area contributed by atoms with Crippen LogP contribution in [0.15, 0.2) is 34.9 Å². The number of methoxy groups -OCH3 is 1. The number of hydrogen-bond acceptors (Lipinski definition) is 5. The quantitative estimate of drug-likeness (QED) is 0.625. The molecule has 2 rings (SSSR count). The average Bonchev–Trinajstić information content (AvgIpc) is 2.43. The number of aryl methyl sites for hydroxylation is 1. The van der Waals surface area contributed by atoms with Crippen LogP contribution in [0.3, 0.4) is 0 Å². The Morgan fingerprint density at radius 2 is 2.05 bits per heavy atom. The zero-order valence-corrected chi connectivity index (χ0v) is 12.4. The first kappa shape index (κ1) is 14.3. The fourth-order valence-corrected chi connectivity index (χ4v) is 1.75. The molecule has 0 fully saturated rings. The Morgan fingerprint density at radius 3 is 2.65 bits per heavy atom. The van der Waals surface area contributed by atoms with Gasteiger partial charge in [-0.05, 0) is 34.5 Å². The van der Waals surface area contributed by atoms with Crippen molar-refractivity contribution in [1.82, 2.24) is 4.98 Å². The molecular weight excluding hydrogens is 328 g/mol. The highest BCUT2D eigenvalue weighted by Gasteiger charge is 2.13. The zero-order valence-electron chi connectivity index (χ0n) is 10.8. The summed E-state index contributed by atoms with van der Waals surface area (Å²) >= 11 is 3.35. The van der Waals surface area contributed by atoms with Gasteiger partial charge in [-0.3, -0.25) is 10.1 Å². The maximum absolute atomic E-state index is 10.7. The van der Waals surface area contributed by atoms with Gasteiger partial charge < -0.3 is 9.47 Å². The van der Waals surface area contributed by atoms with E-state index in [9.17, 15) is 10.1 Å². The first-order valence-electron chi connectivity index (χ1n) is 5.63. The smallest absolute Gasteiger partial charge is 0.273 e. The molecule has 1 heterocycles. The minimum Gasteiger partial charge on any atom is -0.493 e.